The molecule has 0 amide bonds. The summed E-state index contributed by atoms with van der Waals surface area (Å²) in [6.45, 7) is 9.82. The monoisotopic (exact) mass is 295 g/mol. The predicted octanol–water partition coefficient (Wildman–Crippen LogP) is -0.00788. The maximum atomic E-state index is 11.8. The zero-order valence-electron chi connectivity index (χ0n) is 12.9. The van der Waals surface area contributed by atoms with Gasteiger partial charge in [-0.05, 0) is 13.5 Å². The lowest BCUT2D eigenvalue weighted by atomic mass is 10.2. The Balaban J connectivity index is 2.20. The van der Waals surface area contributed by atoms with Crippen molar-refractivity contribution in [1.82, 2.24) is 14.4 Å². The van der Waals surface area contributed by atoms with Crippen LogP contribution in [0.15, 0.2) is 10.9 Å². The molecule has 0 aromatic carbocycles. The molecule has 6 nitrogen and oxygen atoms in total. The van der Waals surface area contributed by atoms with E-state index in [1.807, 2.05) is 11.5 Å². The molecule has 2 heterocycles. The molecule has 0 atom stereocenters. The van der Waals surface area contributed by atoms with Gasteiger partial charge in [0.15, 0.2) is 5.75 Å². The van der Waals surface area contributed by atoms with E-state index in [0.717, 1.165) is 38.4 Å². The van der Waals surface area contributed by atoms with Gasteiger partial charge < -0.3 is 19.7 Å². The lowest BCUT2D eigenvalue weighted by Gasteiger charge is -2.34. The average Bonchev–Trinajstić information content (AvgIpc) is 2.49. The molecule has 0 aliphatic carbocycles. The van der Waals surface area contributed by atoms with Crippen molar-refractivity contribution in [2.24, 2.45) is 0 Å². The Bertz CT molecular complexity index is 534. The summed E-state index contributed by atoms with van der Waals surface area (Å²) in [4.78, 5) is 16.4. The van der Waals surface area contributed by atoms with Crippen LogP contribution in [-0.4, -0.2) is 63.9 Å². The second-order valence-corrected chi connectivity index (χ2v) is 5.53. The fourth-order valence-corrected chi connectivity index (χ4v) is 2.87. The topological polar surface area (TPSA) is 68.9 Å². The predicted molar refractivity (Wildman–Crippen MR) is 81.6 cm³/mol. The highest BCUT2D eigenvalue weighted by molar-refractivity contribution is 5.29. The normalized spacial score (nSPS) is 17.3. The molecule has 1 aromatic rings. The van der Waals surface area contributed by atoms with E-state index < -0.39 is 0 Å². The molecule has 21 heavy (non-hydrogen) atoms. The van der Waals surface area contributed by atoms with Crippen molar-refractivity contribution >= 4 is 0 Å². The summed E-state index contributed by atoms with van der Waals surface area (Å²) < 4.78 is 1.84. The van der Waals surface area contributed by atoms with Gasteiger partial charge in [0.1, 0.15) is 0 Å². The number of piperazine rings is 1. The van der Waals surface area contributed by atoms with Crippen LogP contribution in [0.2, 0.25) is 0 Å². The van der Waals surface area contributed by atoms with Gasteiger partial charge in [0, 0.05) is 51.0 Å². The van der Waals surface area contributed by atoms with Crippen molar-refractivity contribution in [3.05, 3.63) is 27.7 Å². The summed E-state index contributed by atoms with van der Waals surface area (Å²) in [5, 5.41) is 19.3. The van der Waals surface area contributed by atoms with Crippen LogP contribution in [0.1, 0.15) is 18.3 Å². The summed E-state index contributed by atoms with van der Waals surface area (Å²) in [7, 11) is 0. The van der Waals surface area contributed by atoms with E-state index in [0.29, 0.717) is 18.8 Å². The Labute approximate surface area is 125 Å². The molecule has 1 saturated heterocycles. The minimum atomic E-state index is -0.344. The highest BCUT2D eigenvalue weighted by Gasteiger charge is 2.20. The summed E-state index contributed by atoms with van der Waals surface area (Å²) in [6.07, 6.45) is 0. The van der Waals surface area contributed by atoms with Crippen LogP contribution in [0.25, 0.3) is 0 Å². The third kappa shape index (κ3) is 3.64. The van der Waals surface area contributed by atoms with Gasteiger partial charge in [0.2, 0.25) is 5.43 Å². The maximum absolute atomic E-state index is 11.8. The molecular weight excluding hydrogens is 270 g/mol. The second kappa shape index (κ2) is 7.06. The second-order valence-electron chi connectivity index (χ2n) is 5.53. The Morgan fingerprint density at radius 1 is 1.19 bits per heavy atom. The lowest BCUT2D eigenvalue weighted by molar-refractivity contribution is 0.127. The molecule has 1 aliphatic rings. The molecule has 6 heteroatoms. The molecule has 1 aromatic heterocycles. The molecule has 1 aliphatic heterocycles. The number of rotatable bonds is 5. The Hall–Kier alpha value is -1.37. The SMILES string of the molecule is CCN1CCN(Cc2c(O)c(=O)cc(C)n2CCO)CC1. The minimum absolute atomic E-state index is 0.0141. The molecule has 2 rings (SSSR count). The van der Waals surface area contributed by atoms with Crippen LogP contribution in [0.3, 0.4) is 0 Å². The first-order chi connectivity index (χ1) is 10.1. The lowest BCUT2D eigenvalue weighted by Crippen LogP contribution is -2.46. The van der Waals surface area contributed by atoms with Crippen molar-refractivity contribution < 1.29 is 10.2 Å². The first-order valence-electron chi connectivity index (χ1n) is 7.54. The van der Waals surface area contributed by atoms with Gasteiger partial charge in [-0.1, -0.05) is 6.92 Å². The van der Waals surface area contributed by atoms with Crippen molar-refractivity contribution in [3.8, 4) is 5.75 Å². The molecular formula is C15H25N3O3. The van der Waals surface area contributed by atoms with Crippen molar-refractivity contribution in [2.75, 3.05) is 39.3 Å². The van der Waals surface area contributed by atoms with Gasteiger partial charge >= 0.3 is 0 Å². The zero-order chi connectivity index (χ0) is 15.4. The first-order valence-corrected chi connectivity index (χ1v) is 7.54. The summed E-state index contributed by atoms with van der Waals surface area (Å²) in [6, 6.07) is 1.42. The Morgan fingerprint density at radius 3 is 2.38 bits per heavy atom. The van der Waals surface area contributed by atoms with Crippen molar-refractivity contribution in [1.29, 1.82) is 0 Å². The third-order valence-electron chi connectivity index (χ3n) is 4.21. The van der Waals surface area contributed by atoms with Gasteiger partial charge in [0.05, 0.1) is 12.3 Å². The number of aliphatic hydroxyl groups excluding tert-OH is 1. The van der Waals surface area contributed by atoms with E-state index in [1.165, 1.54) is 6.07 Å². The van der Waals surface area contributed by atoms with E-state index in [1.54, 1.807) is 0 Å². The van der Waals surface area contributed by atoms with Crippen molar-refractivity contribution in [3.63, 3.8) is 0 Å². The molecule has 1 fully saturated rings. The highest BCUT2D eigenvalue weighted by atomic mass is 16.3. The van der Waals surface area contributed by atoms with Crippen LogP contribution >= 0.6 is 0 Å². The average molecular weight is 295 g/mol. The van der Waals surface area contributed by atoms with Gasteiger partial charge in [-0.2, -0.15) is 0 Å². The number of hydrogen-bond donors (Lipinski definition) is 2. The molecule has 0 spiro atoms. The summed E-state index contributed by atoms with van der Waals surface area (Å²) in [5.74, 6) is -0.188. The number of pyridine rings is 1. The largest absolute Gasteiger partial charge is 0.503 e. The molecule has 0 radical (unpaired) electrons. The van der Waals surface area contributed by atoms with Gasteiger partial charge in [-0.25, -0.2) is 0 Å². The van der Waals surface area contributed by atoms with Crippen LogP contribution in [-0.2, 0) is 13.1 Å². The quantitative estimate of drug-likeness (QED) is 0.800. The summed E-state index contributed by atoms with van der Waals surface area (Å²) >= 11 is 0. The standard InChI is InChI=1S/C15H25N3O3/c1-3-16-4-6-17(7-5-16)11-13-15(21)14(20)10-12(2)18(13)8-9-19/h10,19,21H,3-9,11H2,1-2H3. The maximum Gasteiger partial charge on any atom is 0.223 e. The number of aliphatic hydroxyl groups is 1. The molecule has 0 bridgehead atoms. The first kappa shape index (κ1) is 16.0. The van der Waals surface area contributed by atoms with Crippen LogP contribution in [0.4, 0.5) is 0 Å². The zero-order valence-corrected chi connectivity index (χ0v) is 12.9. The van der Waals surface area contributed by atoms with E-state index in [-0.39, 0.29) is 17.8 Å². The fraction of sp³-hybridized carbons (Fsp3) is 0.667. The van der Waals surface area contributed by atoms with Gasteiger partial charge in [-0.15, -0.1) is 0 Å². The molecule has 2 N–H and O–H groups in total. The fourth-order valence-electron chi connectivity index (χ4n) is 2.87. The highest BCUT2D eigenvalue weighted by Crippen LogP contribution is 2.17. The Kier molecular flexibility index (Phi) is 5.39. The summed E-state index contributed by atoms with van der Waals surface area (Å²) in [5.41, 5.74) is 1.04. The number of aryl methyl sites for hydroxylation is 1. The Morgan fingerprint density at radius 2 is 1.81 bits per heavy atom. The molecule has 0 saturated carbocycles. The van der Waals surface area contributed by atoms with Gasteiger partial charge in [0.25, 0.3) is 0 Å². The molecule has 118 valence electrons. The van der Waals surface area contributed by atoms with E-state index in [9.17, 15) is 15.0 Å². The number of aromatic hydroxyl groups is 1. The minimum Gasteiger partial charge on any atom is -0.503 e. The number of hydrogen-bond acceptors (Lipinski definition) is 5. The van der Waals surface area contributed by atoms with E-state index >= 15 is 0 Å². The number of nitrogens with zero attached hydrogens (tertiary/aromatic N) is 3. The van der Waals surface area contributed by atoms with Crippen LogP contribution in [0.5, 0.6) is 5.75 Å². The smallest absolute Gasteiger partial charge is 0.223 e. The van der Waals surface area contributed by atoms with E-state index in [4.69, 9.17) is 0 Å². The van der Waals surface area contributed by atoms with Gasteiger partial charge in [-0.3, -0.25) is 9.69 Å². The number of aromatic nitrogens is 1. The van der Waals surface area contributed by atoms with E-state index in [2.05, 4.69) is 16.7 Å². The number of likely N-dealkylation sites (N-methyl/N-ethyl adjacent to an activating group) is 1. The van der Waals surface area contributed by atoms with Crippen LogP contribution in [0, 0.1) is 6.92 Å². The molecule has 0 unspecified atom stereocenters. The third-order valence-corrected chi connectivity index (χ3v) is 4.21. The van der Waals surface area contributed by atoms with Crippen LogP contribution < -0.4 is 5.43 Å². The van der Waals surface area contributed by atoms with Crippen molar-refractivity contribution in [2.45, 2.75) is 26.9 Å².